The predicted octanol–water partition coefficient (Wildman–Crippen LogP) is 0.716. The minimum Gasteiger partial charge on any atom is -0.444 e. The van der Waals surface area contributed by atoms with E-state index in [2.05, 4.69) is 0 Å². The number of aromatic carboxylic acids is 1. The van der Waals surface area contributed by atoms with Gasteiger partial charge >= 0.3 is 5.97 Å². The van der Waals surface area contributed by atoms with Crippen molar-refractivity contribution in [3.63, 3.8) is 0 Å². The highest BCUT2D eigenvalue weighted by Crippen LogP contribution is 2.17. The lowest BCUT2D eigenvalue weighted by Crippen LogP contribution is -2.01. The van der Waals surface area contributed by atoms with Gasteiger partial charge in [0.15, 0.2) is 5.76 Å². The van der Waals surface area contributed by atoms with E-state index >= 15 is 0 Å². The van der Waals surface area contributed by atoms with Crippen molar-refractivity contribution in [2.24, 2.45) is 0 Å². The van der Waals surface area contributed by atoms with Crippen LogP contribution in [0.2, 0.25) is 0 Å². The largest absolute Gasteiger partial charge is 0.552 e. The van der Waals surface area contributed by atoms with Gasteiger partial charge in [0, 0.05) is 6.61 Å². The Morgan fingerprint density at radius 3 is 2.85 bits per heavy atom. The van der Waals surface area contributed by atoms with Crippen molar-refractivity contribution in [3.05, 3.63) is 23.7 Å². The van der Waals surface area contributed by atoms with E-state index in [1.165, 1.54) is 12.1 Å². The lowest BCUT2D eigenvalue weighted by Gasteiger charge is -2.05. The molecule has 0 fully saturated rings. The average molecular weight is 187 g/mol. The van der Waals surface area contributed by atoms with Crippen LogP contribution >= 0.6 is 0 Å². The Morgan fingerprint density at radius 1 is 1.69 bits per heavy atom. The van der Waals surface area contributed by atoms with Crippen LogP contribution in [0.15, 0.2) is 16.5 Å². The predicted molar refractivity (Wildman–Crippen MR) is 44.0 cm³/mol. The number of carboxylic acids is 1. The first kappa shape index (κ1) is 9.76. The Labute approximate surface area is 74.5 Å². The van der Waals surface area contributed by atoms with E-state index in [0.29, 0.717) is 6.61 Å². The van der Waals surface area contributed by atoms with Gasteiger partial charge < -0.3 is 24.2 Å². The van der Waals surface area contributed by atoms with Crippen molar-refractivity contribution in [2.75, 3.05) is 6.61 Å². The Kier molecular flexibility index (Phi) is 3.05. The maximum Gasteiger partial charge on any atom is 0.552 e. The molecule has 1 aromatic heterocycles. The van der Waals surface area contributed by atoms with Crippen LogP contribution in [0.5, 0.6) is 0 Å². The van der Waals surface area contributed by atoms with Gasteiger partial charge in [-0.1, -0.05) is 0 Å². The summed E-state index contributed by atoms with van der Waals surface area (Å²) in [5, 5.41) is 17.8. The minimum absolute atomic E-state index is 0.103. The smallest absolute Gasteiger partial charge is 0.444 e. The number of hydrogen-bond donors (Lipinski definition) is 2. The number of aliphatic hydroxyl groups is 1. The molecule has 13 heavy (non-hydrogen) atoms. The molecule has 0 aliphatic rings. The number of carboxylic acid groups (broad SMARTS) is 1. The van der Waals surface area contributed by atoms with Crippen LogP contribution in [0.3, 0.4) is 0 Å². The van der Waals surface area contributed by atoms with E-state index in [0.717, 1.165) is 0 Å². The summed E-state index contributed by atoms with van der Waals surface area (Å²) in [5.41, 5.74) is 0. The van der Waals surface area contributed by atoms with Crippen molar-refractivity contribution in [1.29, 1.82) is 0 Å². The monoisotopic (exact) mass is 187 g/mol. The maximum absolute atomic E-state index is 9.23. The molecule has 0 saturated carbocycles. The lowest BCUT2D eigenvalue weighted by molar-refractivity contribution is -0.110. The van der Waals surface area contributed by atoms with Gasteiger partial charge in [0.2, 0.25) is 6.29 Å². The summed E-state index contributed by atoms with van der Waals surface area (Å²) in [6.07, 6.45) is -1.17. The summed E-state index contributed by atoms with van der Waals surface area (Å²) in [6, 6.07) is 2.73. The zero-order valence-electron chi connectivity index (χ0n) is 7.10. The molecule has 1 atom stereocenters. The van der Waals surface area contributed by atoms with Crippen LogP contribution in [0, 0.1) is 0 Å². The van der Waals surface area contributed by atoms with Crippen molar-refractivity contribution < 1.29 is 24.2 Å². The number of furan rings is 1. The molecule has 0 bridgehead atoms. The standard InChI is InChI=1S/C8H10O5/c1-2-12-8(11)6-4-3-5(13-6)7(9)10/h3-4,8,11H,2H2,1H3,(H,9,10)/p+1. The molecular formula is C8H11O5+. The maximum atomic E-state index is 9.23. The molecule has 0 aromatic carbocycles. The first-order valence-electron chi connectivity index (χ1n) is 3.79. The van der Waals surface area contributed by atoms with Crippen LogP contribution in [-0.4, -0.2) is 27.6 Å². The quantitative estimate of drug-likeness (QED) is 0.537. The summed E-state index contributed by atoms with van der Waals surface area (Å²) in [4.78, 5) is 8.60. The second-order valence-corrected chi connectivity index (χ2v) is 2.33. The number of hydrogen-bond acceptors (Lipinski definition) is 3. The summed E-state index contributed by atoms with van der Waals surface area (Å²) < 4.78 is 9.66. The topological polar surface area (TPSA) is 84.2 Å². The van der Waals surface area contributed by atoms with Crippen LogP contribution in [-0.2, 0) is 4.74 Å². The fraction of sp³-hybridized carbons (Fsp3) is 0.375. The molecule has 0 aliphatic carbocycles. The average Bonchev–Trinajstić information content (AvgIpc) is 2.52. The molecule has 0 saturated heterocycles. The van der Waals surface area contributed by atoms with Crippen molar-refractivity contribution in [3.8, 4) is 0 Å². The molecular weight excluding hydrogens is 176 g/mol. The summed E-state index contributed by atoms with van der Waals surface area (Å²) in [5.74, 6) is -0.888. The molecule has 5 nitrogen and oxygen atoms in total. The van der Waals surface area contributed by atoms with Crippen molar-refractivity contribution in [2.45, 2.75) is 13.2 Å². The van der Waals surface area contributed by atoms with E-state index in [1.807, 2.05) is 0 Å². The molecule has 1 rings (SSSR count). The molecule has 5 heteroatoms. The number of ether oxygens (including phenoxy) is 1. The van der Waals surface area contributed by atoms with Gasteiger partial charge in [0.25, 0.3) is 5.76 Å². The highest BCUT2D eigenvalue weighted by atomic mass is 16.6. The third-order valence-corrected chi connectivity index (χ3v) is 1.42. The normalized spacial score (nSPS) is 12.8. The second kappa shape index (κ2) is 4.06. The highest BCUT2D eigenvalue weighted by molar-refractivity contribution is 5.85. The van der Waals surface area contributed by atoms with Crippen molar-refractivity contribution >= 4 is 5.97 Å². The lowest BCUT2D eigenvalue weighted by atomic mass is 10.4. The summed E-state index contributed by atoms with van der Waals surface area (Å²) in [6.45, 7) is 2.06. The molecule has 1 aromatic rings. The van der Waals surface area contributed by atoms with E-state index in [1.54, 1.807) is 6.92 Å². The van der Waals surface area contributed by atoms with Crippen molar-refractivity contribution in [1.82, 2.24) is 0 Å². The summed E-state index contributed by atoms with van der Waals surface area (Å²) in [7, 11) is 0. The minimum atomic E-state index is -1.17. The van der Waals surface area contributed by atoms with Crippen LogP contribution < -0.4 is 0 Å². The molecule has 0 radical (unpaired) electrons. The molecule has 1 heterocycles. The van der Waals surface area contributed by atoms with E-state index in [4.69, 9.17) is 19.1 Å². The fourth-order valence-corrected chi connectivity index (χ4v) is 0.846. The van der Waals surface area contributed by atoms with Crippen LogP contribution in [0.25, 0.3) is 0 Å². The Morgan fingerprint density at radius 2 is 2.38 bits per heavy atom. The third kappa shape index (κ3) is 2.30. The van der Waals surface area contributed by atoms with Gasteiger partial charge in [-0.05, 0) is 19.1 Å². The molecule has 0 amide bonds. The molecule has 0 spiro atoms. The van der Waals surface area contributed by atoms with Gasteiger partial charge in [-0.3, -0.25) is 0 Å². The van der Waals surface area contributed by atoms with Gasteiger partial charge in [0.05, 0.1) is 0 Å². The van der Waals surface area contributed by atoms with Crippen LogP contribution in [0.1, 0.15) is 24.7 Å². The SMILES string of the molecule is CCOC(O)c1ccc(C(O)=[OH+])o1. The third-order valence-electron chi connectivity index (χ3n) is 1.42. The fourth-order valence-electron chi connectivity index (χ4n) is 0.846. The van der Waals surface area contributed by atoms with Gasteiger partial charge in [0.1, 0.15) is 0 Å². The van der Waals surface area contributed by atoms with Gasteiger partial charge in [-0.25, -0.2) is 0 Å². The van der Waals surface area contributed by atoms with E-state index in [9.17, 15) is 5.11 Å². The Hall–Kier alpha value is -1.33. The molecule has 1 unspecified atom stereocenters. The van der Waals surface area contributed by atoms with Gasteiger partial charge in [-0.15, -0.1) is 0 Å². The Balaban J connectivity index is 2.73. The van der Waals surface area contributed by atoms with E-state index in [-0.39, 0.29) is 11.5 Å². The number of rotatable bonds is 4. The number of aliphatic hydroxyl groups excluding tert-OH is 2. The molecule has 72 valence electrons. The first-order valence-corrected chi connectivity index (χ1v) is 3.79. The zero-order valence-corrected chi connectivity index (χ0v) is 7.10. The Bertz CT molecular complexity index is 290. The molecule has 0 aliphatic heterocycles. The second-order valence-electron chi connectivity index (χ2n) is 2.33. The first-order chi connectivity index (χ1) is 6.15. The molecule has 3 N–H and O–H groups in total. The van der Waals surface area contributed by atoms with Gasteiger partial charge in [-0.2, -0.15) is 0 Å². The highest BCUT2D eigenvalue weighted by Gasteiger charge is 2.19. The summed E-state index contributed by atoms with van der Waals surface area (Å²) >= 11 is 0. The zero-order chi connectivity index (χ0) is 9.84. The van der Waals surface area contributed by atoms with Crippen LogP contribution in [0.4, 0.5) is 0 Å². The van der Waals surface area contributed by atoms with E-state index < -0.39 is 12.3 Å².